The van der Waals surface area contributed by atoms with E-state index in [4.69, 9.17) is 19.4 Å². The number of hydrogen-bond acceptors (Lipinski definition) is 10. The predicted octanol–water partition coefficient (Wildman–Crippen LogP) is 9.62. The maximum atomic E-state index is 14.8. The molecule has 4 heterocycles. The van der Waals surface area contributed by atoms with Crippen LogP contribution >= 0.6 is 18.7 Å². The smallest absolute Gasteiger partial charge is 0.226 e. The molecule has 0 radical (unpaired) electrons. The molecular weight excluding hydrogens is 784 g/mol. The van der Waals surface area contributed by atoms with Crippen molar-refractivity contribution < 1.29 is 33.3 Å². The van der Waals surface area contributed by atoms with Gasteiger partial charge < -0.3 is 24.6 Å². The van der Waals surface area contributed by atoms with E-state index in [0.29, 0.717) is 54.1 Å². The SMILES string of the molecule is CCCC(=O)C[C@H]1CCCCC/C=C\[C@@H]2C[C@@]2(P(=O)(O)Cc2ccccc2)CC(=O)[C@@H]2C[C@@H](Oc3cc(-c4csc(NC(C)C)n4)nc4cc(OC)ccc34)CN2C1=O. The van der Waals surface area contributed by atoms with Gasteiger partial charge >= 0.3 is 0 Å². The molecule has 1 saturated carbocycles. The van der Waals surface area contributed by atoms with Gasteiger partial charge in [-0.25, -0.2) is 9.97 Å². The molecular formula is C46H57N4O7PS. The summed E-state index contributed by atoms with van der Waals surface area (Å²) in [5, 5.41) is 5.69. The van der Waals surface area contributed by atoms with Crippen molar-refractivity contribution in [2.75, 3.05) is 19.0 Å². The quantitative estimate of drug-likeness (QED) is 0.0985. The first-order chi connectivity index (χ1) is 28.4. The normalized spacial score (nSPS) is 25.4. The zero-order valence-electron chi connectivity index (χ0n) is 34.6. The maximum Gasteiger partial charge on any atom is 0.226 e. The monoisotopic (exact) mass is 840 g/mol. The van der Waals surface area contributed by atoms with Crippen molar-refractivity contribution in [3.05, 3.63) is 77.7 Å². The molecule has 13 heteroatoms. The van der Waals surface area contributed by atoms with E-state index in [9.17, 15) is 23.8 Å². The Morgan fingerprint density at radius 3 is 2.66 bits per heavy atom. The van der Waals surface area contributed by atoms with Gasteiger partial charge in [0.05, 0.1) is 42.2 Å². The Hall–Kier alpha value is -4.38. The number of nitrogens with zero attached hydrogens (tertiary/aromatic N) is 3. The molecule has 1 unspecified atom stereocenters. The van der Waals surface area contributed by atoms with Gasteiger partial charge in [0.1, 0.15) is 29.1 Å². The molecule has 11 nitrogen and oxygen atoms in total. The molecule has 0 bridgehead atoms. The molecule has 3 aliphatic rings. The van der Waals surface area contributed by atoms with Gasteiger partial charge in [-0.05, 0) is 69.6 Å². The van der Waals surface area contributed by atoms with Crippen molar-refractivity contribution in [2.45, 2.75) is 121 Å². The van der Waals surface area contributed by atoms with Crippen LogP contribution in [0.15, 0.2) is 72.1 Å². The molecule has 0 spiro atoms. The average molecular weight is 841 g/mol. The van der Waals surface area contributed by atoms with Crippen LogP contribution in [0.1, 0.15) is 97.0 Å². The third-order valence-corrected chi connectivity index (χ3v) is 15.7. The number of Topliss-reactive ketones (excluding diaryl/α,β-unsaturated/α-hetero) is 2. The fourth-order valence-corrected chi connectivity index (χ4v) is 12.2. The molecule has 2 fully saturated rings. The average Bonchev–Trinajstić information content (AvgIpc) is 3.48. The van der Waals surface area contributed by atoms with Gasteiger partial charge in [0.15, 0.2) is 10.9 Å². The van der Waals surface area contributed by atoms with Crippen LogP contribution in [0.25, 0.3) is 22.3 Å². The highest BCUT2D eigenvalue weighted by molar-refractivity contribution is 7.59. The highest BCUT2D eigenvalue weighted by atomic mass is 32.1. The summed E-state index contributed by atoms with van der Waals surface area (Å²) in [4.78, 5) is 66.0. The Morgan fingerprint density at radius 1 is 1.08 bits per heavy atom. The van der Waals surface area contributed by atoms with E-state index in [-0.39, 0.29) is 61.4 Å². The third-order valence-electron chi connectivity index (χ3n) is 12.0. The summed E-state index contributed by atoms with van der Waals surface area (Å²) in [6.45, 7) is 6.20. The van der Waals surface area contributed by atoms with Crippen molar-refractivity contribution in [2.24, 2.45) is 11.8 Å². The minimum absolute atomic E-state index is 0.0254. The van der Waals surface area contributed by atoms with Gasteiger partial charge in [-0.3, -0.25) is 18.9 Å². The summed E-state index contributed by atoms with van der Waals surface area (Å²) in [6, 6.07) is 16.0. The molecule has 2 aromatic carbocycles. The van der Waals surface area contributed by atoms with Gasteiger partial charge in [-0.15, -0.1) is 11.3 Å². The second-order valence-corrected chi connectivity index (χ2v) is 20.3. The zero-order chi connectivity index (χ0) is 41.7. The second kappa shape index (κ2) is 18.5. The summed E-state index contributed by atoms with van der Waals surface area (Å²) in [7, 11) is -2.31. The molecule has 1 saturated heterocycles. The summed E-state index contributed by atoms with van der Waals surface area (Å²) in [5.74, 6) is -0.0234. The van der Waals surface area contributed by atoms with E-state index in [1.165, 1.54) is 11.3 Å². The number of ketones is 2. The van der Waals surface area contributed by atoms with Crippen molar-refractivity contribution in [3.63, 3.8) is 0 Å². The second-order valence-electron chi connectivity index (χ2n) is 16.9. The summed E-state index contributed by atoms with van der Waals surface area (Å²) in [5.41, 5.74) is 2.68. The maximum absolute atomic E-state index is 14.8. The number of rotatable bonds is 13. The Balaban J connectivity index is 1.24. The lowest BCUT2D eigenvalue weighted by Gasteiger charge is -2.30. The van der Waals surface area contributed by atoms with Gasteiger partial charge in [0.25, 0.3) is 0 Å². The highest BCUT2D eigenvalue weighted by Crippen LogP contribution is 2.74. The van der Waals surface area contributed by atoms with Crippen molar-refractivity contribution in [1.29, 1.82) is 0 Å². The Labute approximate surface area is 351 Å². The number of allylic oxidation sites excluding steroid dienone is 2. The minimum atomic E-state index is -3.91. The molecule has 4 aromatic rings. The number of methoxy groups -OCH3 is 1. The summed E-state index contributed by atoms with van der Waals surface area (Å²) in [6.07, 6.45) is 9.23. The topological polar surface area (TPSA) is 148 Å². The first kappa shape index (κ1) is 42.7. The third kappa shape index (κ3) is 9.82. The minimum Gasteiger partial charge on any atom is -0.497 e. The number of carbonyl (C=O) groups is 3. The molecule has 59 heavy (non-hydrogen) atoms. The van der Waals surface area contributed by atoms with Crippen LogP contribution in [0.4, 0.5) is 5.13 Å². The first-order valence-corrected chi connectivity index (χ1v) is 23.9. The number of carbonyl (C=O) groups excluding carboxylic acids is 3. The van der Waals surface area contributed by atoms with Gasteiger partial charge in [-0.1, -0.05) is 62.2 Å². The summed E-state index contributed by atoms with van der Waals surface area (Å²) < 4.78 is 26.9. The van der Waals surface area contributed by atoms with Gasteiger partial charge in [0, 0.05) is 60.5 Å². The van der Waals surface area contributed by atoms with Crippen LogP contribution in [-0.2, 0) is 25.1 Å². The number of nitrogens with one attached hydrogen (secondary N) is 1. The number of fused-ring (bicyclic) bond motifs is 3. The van der Waals surface area contributed by atoms with Crippen LogP contribution in [0, 0.1) is 11.8 Å². The highest BCUT2D eigenvalue weighted by Gasteiger charge is 2.65. The van der Waals surface area contributed by atoms with E-state index < -0.39 is 30.6 Å². The number of hydrogen-bond donors (Lipinski definition) is 2. The van der Waals surface area contributed by atoms with Gasteiger partial charge in [-0.2, -0.15) is 0 Å². The van der Waals surface area contributed by atoms with Crippen molar-refractivity contribution in [1.82, 2.24) is 14.9 Å². The van der Waals surface area contributed by atoms with E-state index in [1.807, 2.05) is 73.0 Å². The van der Waals surface area contributed by atoms with E-state index in [2.05, 4.69) is 25.2 Å². The summed E-state index contributed by atoms with van der Waals surface area (Å²) >= 11 is 1.49. The fourth-order valence-electron chi connectivity index (χ4n) is 8.85. The molecule has 314 valence electrons. The lowest BCUT2D eigenvalue weighted by atomic mass is 9.92. The van der Waals surface area contributed by atoms with Crippen molar-refractivity contribution in [3.8, 4) is 22.9 Å². The number of ether oxygens (including phenoxy) is 2. The zero-order valence-corrected chi connectivity index (χ0v) is 36.3. The number of pyridine rings is 1. The predicted molar refractivity (Wildman–Crippen MR) is 233 cm³/mol. The Kier molecular flexibility index (Phi) is 13.4. The number of amides is 1. The number of anilines is 1. The molecule has 6 atom stereocenters. The lowest BCUT2D eigenvalue weighted by Crippen LogP contribution is -2.45. The standard InChI is InChI=1S/C46H57N4O7PS/c1-5-14-34(51)21-32-17-12-7-6-8-13-18-33-25-46(33,58(54,55)28-31-15-10-9-11-16-31)26-42(52)41-23-36(27-50(41)44(32)53)57-43-24-39(40-29-59-45(49-40)47-30(2)3)48-38-22-35(56-4)19-20-37(38)43/h9-11,13,15-16,18-20,22,24,29-30,32-33,36,41H,5-8,12,14,17,21,23,25-28H2,1-4H3,(H,47,49)(H,54,55)/b18-13-/t32-,33-,36-,41+,46-/m1/s1. The van der Waals surface area contributed by atoms with Crippen LogP contribution < -0.4 is 14.8 Å². The van der Waals surface area contributed by atoms with Crippen LogP contribution in [-0.4, -0.2) is 74.2 Å². The molecule has 2 aliphatic heterocycles. The Morgan fingerprint density at radius 2 is 1.90 bits per heavy atom. The number of benzene rings is 2. The van der Waals surface area contributed by atoms with E-state index >= 15 is 0 Å². The lowest BCUT2D eigenvalue weighted by molar-refractivity contribution is -0.142. The van der Waals surface area contributed by atoms with Crippen LogP contribution in [0.2, 0.25) is 0 Å². The van der Waals surface area contributed by atoms with Crippen LogP contribution in [0.5, 0.6) is 11.5 Å². The molecule has 1 aliphatic carbocycles. The Bertz CT molecular complexity index is 2230. The first-order valence-electron chi connectivity index (χ1n) is 21.1. The van der Waals surface area contributed by atoms with Crippen LogP contribution in [0.3, 0.4) is 0 Å². The largest absolute Gasteiger partial charge is 0.497 e. The van der Waals surface area contributed by atoms with E-state index in [1.54, 1.807) is 12.0 Å². The molecule has 2 aromatic heterocycles. The number of aromatic nitrogens is 2. The van der Waals surface area contributed by atoms with E-state index in [0.717, 1.165) is 41.8 Å². The van der Waals surface area contributed by atoms with Crippen molar-refractivity contribution >= 4 is 52.2 Å². The van der Waals surface area contributed by atoms with Gasteiger partial charge in [0.2, 0.25) is 13.3 Å². The molecule has 2 N–H and O–H groups in total. The number of thiazole rings is 1. The molecule has 1 amide bonds. The fraction of sp³-hybridized carbons (Fsp3) is 0.500. The molecule has 7 rings (SSSR count).